The molecule has 2 N–H and O–H groups in total. The molecule has 1 aromatic heterocycles. The van der Waals surface area contributed by atoms with E-state index in [0.29, 0.717) is 12.2 Å². The molecule has 2 rings (SSSR count). The summed E-state index contributed by atoms with van der Waals surface area (Å²) in [6, 6.07) is 5.10. The minimum absolute atomic E-state index is 0.0676. The third-order valence-corrected chi connectivity index (χ3v) is 3.26. The summed E-state index contributed by atoms with van der Waals surface area (Å²) >= 11 is 0. The van der Waals surface area contributed by atoms with Crippen LogP contribution in [0.5, 0.6) is 0 Å². The summed E-state index contributed by atoms with van der Waals surface area (Å²) in [6.45, 7) is 4.86. The van der Waals surface area contributed by atoms with Crippen LogP contribution in [0.3, 0.4) is 0 Å². The third-order valence-electron chi connectivity index (χ3n) is 3.26. The highest BCUT2D eigenvalue weighted by Gasteiger charge is 2.15. The number of carbonyl (C=O) groups excluding carboxylic acids is 1. The van der Waals surface area contributed by atoms with Crippen molar-refractivity contribution in [2.24, 2.45) is 5.16 Å². The van der Waals surface area contributed by atoms with Crippen LogP contribution < -0.4 is 5.32 Å². The highest BCUT2D eigenvalue weighted by atomic mass is 16.5. The van der Waals surface area contributed by atoms with Crippen molar-refractivity contribution >= 4 is 11.6 Å². The zero-order valence-electron chi connectivity index (χ0n) is 11.9. The van der Waals surface area contributed by atoms with Gasteiger partial charge in [0, 0.05) is 25.8 Å². The molecule has 0 unspecified atom stereocenters. The summed E-state index contributed by atoms with van der Waals surface area (Å²) in [5.74, 6) is -0.418. The summed E-state index contributed by atoms with van der Waals surface area (Å²) in [5.41, 5.74) is 0.285. The van der Waals surface area contributed by atoms with E-state index in [1.54, 1.807) is 24.4 Å². The van der Waals surface area contributed by atoms with Crippen molar-refractivity contribution in [3.63, 3.8) is 0 Å². The van der Waals surface area contributed by atoms with Crippen molar-refractivity contribution in [1.29, 1.82) is 0 Å². The number of hydrogen-bond donors (Lipinski definition) is 2. The van der Waals surface area contributed by atoms with E-state index >= 15 is 0 Å². The van der Waals surface area contributed by atoms with E-state index in [0.717, 1.165) is 39.3 Å². The number of aromatic nitrogens is 1. The Bertz CT molecular complexity index is 472. The molecule has 7 nitrogen and oxygen atoms in total. The number of oxime groups is 1. The zero-order chi connectivity index (χ0) is 14.9. The van der Waals surface area contributed by atoms with Crippen molar-refractivity contribution in [1.82, 2.24) is 15.2 Å². The Morgan fingerprint density at radius 1 is 1.43 bits per heavy atom. The van der Waals surface area contributed by atoms with E-state index in [2.05, 4.69) is 20.4 Å². The molecule has 0 atom stereocenters. The maximum Gasteiger partial charge on any atom is 0.275 e. The van der Waals surface area contributed by atoms with Crippen LogP contribution in [0.4, 0.5) is 0 Å². The Balaban J connectivity index is 1.73. The molecule has 2 heterocycles. The van der Waals surface area contributed by atoms with Crippen LogP contribution in [0, 0.1) is 0 Å². The molecule has 21 heavy (non-hydrogen) atoms. The lowest BCUT2D eigenvalue weighted by Crippen LogP contribution is -2.39. The summed E-state index contributed by atoms with van der Waals surface area (Å²) in [4.78, 5) is 18.3. The van der Waals surface area contributed by atoms with Gasteiger partial charge in [0.05, 0.1) is 18.9 Å². The van der Waals surface area contributed by atoms with Crippen molar-refractivity contribution in [2.45, 2.75) is 6.42 Å². The van der Waals surface area contributed by atoms with E-state index in [1.807, 2.05) is 0 Å². The van der Waals surface area contributed by atoms with Gasteiger partial charge in [-0.1, -0.05) is 11.2 Å². The Labute approximate surface area is 123 Å². The van der Waals surface area contributed by atoms with Gasteiger partial charge in [0.1, 0.15) is 0 Å². The lowest BCUT2D eigenvalue weighted by Gasteiger charge is -2.26. The van der Waals surface area contributed by atoms with Gasteiger partial charge in [0.25, 0.3) is 5.91 Å². The molecular formula is C14H20N4O3. The number of pyridine rings is 1. The molecule has 1 fully saturated rings. The summed E-state index contributed by atoms with van der Waals surface area (Å²) < 4.78 is 5.28. The van der Waals surface area contributed by atoms with Gasteiger partial charge < -0.3 is 15.3 Å². The smallest absolute Gasteiger partial charge is 0.275 e. The Morgan fingerprint density at radius 3 is 2.90 bits per heavy atom. The number of ether oxygens (including phenoxy) is 1. The first kappa shape index (κ1) is 15.4. The van der Waals surface area contributed by atoms with E-state index in [1.165, 1.54) is 0 Å². The van der Waals surface area contributed by atoms with Gasteiger partial charge in [-0.3, -0.25) is 14.7 Å². The third kappa shape index (κ3) is 4.80. The zero-order valence-corrected chi connectivity index (χ0v) is 11.9. The number of amides is 1. The van der Waals surface area contributed by atoms with Crippen LogP contribution in [0.1, 0.15) is 12.1 Å². The Kier molecular flexibility index (Phi) is 6.11. The molecule has 0 aliphatic carbocycles. The molecule has 1 saturated heterocycles. The van der Waals surface area contributed by atoms with Crippen LogP contribution in [-0.2, 0) is 9.53 Å². The first-order chi connectivity index (χ1) is 10.3. The predicted molar refractivity (Wildman–Crippen MR) is 77.4 cm³/mol. The quantitative estimate of drug-likeness (QED) is 0.336. The van der Waals surface area contributed by atoms with Gasteiger partial charge in [-0.15, -0.1) is 0 Å². The molecular weight excluding hydrogens is 272 g/mol. The van der Waals surface area contributed by atoms with Gasteiger partial charge in [-0.2, -0.15) is 0 Å². The molecule has 0 aromatic carbocycles. The molecule has 1 aromatic rings. The molecule has 1 amide bonds. The first-order valence-electron chi connectivity index (χ1n) is 7.03. The van der Waals surface area contributed by atoms with Crippen LogP contribution in [0.15, 0.2) is 29.6 Å². The number of morpholine rings is 1. The van der Waals surface area contributed by atoms with Crippen LogP contribution >= 0.6 is 0 Å². The lowest BCUT2D eigenvalue weighted by molar-refractivity contribution is -0.114. The van der Waals surface area contributed by atoms with Gasteiger partial charge in [0.2, 0.25) is 0 Å². The van der Waals surface area contributed by atoms with E-state index < -0.39 is 5.91 Å². The maximum atomic E-state index is 12.0. The average Bonchev–Trinajstić information content (AvgIpc) is 2.54. The van der Waals surface area contributed by atoms with Crippen LogP contribution in [-0.4, -0.2) is 66.1 Å². The highest BCUT2D eigenvalue weighted by molar-refractivity contribution is 6.44. The van der Waals surface area contributed by atoms with Crippen LogP contribution in [0.25, 0.3) is 0 Å². The van der Waals surface area contributed by atoms with Crippen LogP contribution in [0.2, 0.25) is 0 Å². The number of nitrogens with one attached hydrogen (secondary N) is 1. The van der Waals surface area contributed by atoms with Crippen molar-refractivity contribution in [3.8, 4) is 0 Å². The second-order valence-electron chi connectivity index (χ2n) is 4.73. The molecule has 0 radical (unpaired) electrons. The summed E-state index contributed by atoms with van der Waals surface area (Å²) in [7, 11) is 0. The summed E-state index contributed by atoms with van der Waals surface area (Å²) in [6.07, 6.45) is 2.39. The van der Waals surface area contributed by atoms with E-state index in [-0.39, 0.29) is 5.71 Å². The minimum Gasteiger partial charge on any atom is -0.410 e. The van der Waals surface area contributed by atoms with Gasteiger partial charge in [-0.25, -0.2) is 0 Å². The maximum absolute atomic E-state index is 12.0. The standard InChI is InChI=1S/C14H20N4O3/c19-14(13(17-20)12-4-1-2-5-15-12)16-6-3-7-18-8-10-21-11-9-18/h1-2,4-5,20H,3,6-11H2,(H,16,19)/b17-13-. The first-order valence-corrected chi connectivity index (χ1v) is 7.03. The van der Waals surface area contributed by atoms with Gasteiger partial charge >= 0.3 is 0 Å². The molecule has 7 heteroatoms. The topological polar surface area (TPSA) is 87.1 Å². The summed E-state index contributed by atoms with van der Waals surface area (Å²) in [5, 5.41) is 14.8. The molecule has 114 valence electrons. The van der Waals surface area contributed by atoms with Crippen molar-refractivity contribution in [2.75, 3.05) is 39.4 Å². The molecule has 1 aliphatic heterocycles. The number of nitrogens with zero attached hydrogens (tertiary/aromatic N) is 3. The highest BCUT2D eigenvalue weighted by Crippen LogP contribution is 1.99. The average molecular weight is 292 g/mol. The fourth-order valence-electron chi connectivity index (χ4n) is 2.13. The Hall–Kier alpha value is -1.99. The molecule has 0 spiro atoms. The van der Waals surface area contributed by atoms with Crippen molar-refractivity contribution < 1.29 is 14.7 Å². The second kappa shape index (κ2) is 8.33. The SMILES string of the molecule is O=C(NCCCN1CCOCC1)/C(=N\O)c1ccccn1. The minimum atomic E-state index is -0.418. The number of hydrogen-bond acceptors (Lipinski definition) is 6. The number of rotatable bonds is 6. The fourth-order valence-corrected chi connectivity index (χ4v) is 2.13. The largest absolute Gasteiger partial charge is 0.410 e. The molecule has 1 aliphatic rings. The molecule has 0 bridgehead atoms. The van der Waals surface area contributed by atoms with E-state index in [9.17, 15) is 4.79 Å². The molecule has 0 saturated carbocycles. The number of carbonyl (C=O) groups is 1. The van der Waals surface area contributed by atoms with E-state index in [4.69, 9.17) is 9.94 Å². The fraction of sp³-hybridized carbons (Fsp3) is 0.500. The normalized spacial score (nSPS) is 16.7. The van der Waals surface area contributed by atoms with Crippen molar-refractivity contribution in [3.05, 3.63) is 30.1 Å². The monoisotopic (exact) mass is 292 g/mol. The van der Waals surface area contributed by atoms with Gasteiger partial charge in [0.15, 0.2) is 5.71 Å². The van der Waals surface area contributed by atoms with Gasteiger partial charge in [-0.05, 0) is 25.1 Å². The lowest BCUT2D eigenvalue weighted by atomic mass is 10.2. The Morgan fingerprint density at radius 2 is 2.24 bits per heavy atom. The second-order valence-corrected chi connectivity index (χ2v) is 4.73. The predicted octanol–water partition coefficient (Wildman–Crippen LogP) is 0.0984.